The Morgan fingerprint density at radius 2 is 1.72 bits per heavy atom. The number of ether oxygens (including phenoxy) is 2. The molecule has 0 aliphatic rings. The van der Waals surface area contributed by atoms with Crippen molar-refractivity contribution in [1.29, 1.82) is 10.5 Å². The van der Waals surface area contributed by atoms with Gasteiger partial charge in [0.25, 0.3) is 5.56 Å². The number of hydrogen-bond acceptors (Lipinski definition) is 7. The number of carbonyl (C=O) groups is 1. The second-order valence-electron chi connectivity index (χ2n) is 5.86. The summed E-state index contributed by atoms with van der Waals surface area (Å²) in [7, 11) is 1.52. The number of pyridine rings is 1. The van der Waals surface area contributed by atoms with E-state index in [-0.39, 0.29) is 28.3 Å². The zero-order valence-electron chi connectivity index (χ0n) is 15.2. The van der Waals surface area contributed by atoms with E-state index in [9.17, 15) is 20.1 Å². The Morgan fingerprint density at radius 1 is 1.03 bits per heavy atom. The van der Waals surface area contributed by atoms with Crippen LogP contribution in [0.1, 0.15) is 21.5 Å². The summed E-state index contributed by atoms with van der Waals surface area (Å²) in [5, 5.41) is 18.8. The molecular formula is C21H14N4O4. The van der Waals surface area contributed by atoms with E-state index in [4.69, 9.17) is 15.2 Å². The minimum absolute atomic E-state index is 0.0419. The first kappa shape index (κ1) is 19.2. The lowest BCUT2D eigenvalue weighted by Gasteiger charge is -2.10. The third kappa shape index (κ3) is 3.77. The van der Waals surface area contributed by atoms with Crippen molar-refractivity contribution in [2.24, 2.45) is 0 Å². The highest BCUT2D eigenvalue weighted by Crippen LogP contribution is 2.30. The smallest absolute Gasteiger partial charge is 0.343 e. The Bertz CT molecular complexity index is 1230. The van der Waals surface area contributed by atoms with Gasteiger partial charge in [-0.15, -0.1) is 0 Å². The Labute approximate surface area is 165 Å². The van der Waals surface area contributed by atoms with E-state index in [0.717, 1.165) is 0 Å². The third-order valence-corrected chi connectivity index (χ3v) is 4.13. The number of aromatic amines is 1. The number of H-pyrrole nitrogens is 1. The van der Waals surface area contributed by atoms with Gasteiger partial charge in [0.2, 0.25) is 0 Å². The van der Waals surface area contributed by atoms with Crippen LogP contribution in [0.15, 0.2) is 53.3 Å². The Kier molecular flexibility index (Phi) is 5.29. The van der Waals surface area contributed by atoms with Crippen LogP contribution in [0.5, 0.6) is 11.5 Å². The zero-order chi connectivity index (χ0) is 21.0. The molecule has 0 unspecified atom stereocenters. The van der Waals surface area contributed by atoms with Crippen LogP contribution in [0, 0.1) is 22.7 Å². The number of methoxy groups -OCH3 is 1. The third-order valence-electron chi connectivity index (χ3n) is 4.13. The van der Waals surface area contributed by atoms with Gasteiger partial charge in [-0.25, -0.2) is 4.79 Å². The molecule has 0 spiro atoms. The molecule has 8 heteroatoms. The first-order valence-corrected chi connectivity index (χ1v) is 8.31. The van der Waals surface area contributed by atoms with E-state index >= 15 is 0 Å². The highest BCUT2D eigenvalue weighted by molar-refractivity contribution is 5.91. The van der Waals surface area contributed by atoms with Gasteiger partial charge in [-0.1, -0.05) is 12.1 Å². The fourth-order valence-electron chi connectivity index (χ4n) is 2.74. The van der Waals surface area contributed by atoms with E-state index in [2.05, 4.69) is 4.98 Å². The van der Waals surface area contributed by atoms with Crippen molar-refractivity contribution < 1.29 is 14.3 Å². The number of nitriles is 2. The lowest BCUT2D eigenvalue weighted by atomic mass is 9.96. The maximum Gasteiger partial charge on any atom is 0.343 e. The van der Waals surface area contributed by atoms with Crippen LogP contribution < -0.4 is 20.8 Å². The van der Waals surface area contributed by atoms with Gasteiger partial charge >= 0.3 is 5.97 Å². The molecule has 3 rings (SSSR count). The Balaban J connectivity index is 2.01. The normalized spacial score (nSPS) is 9.90. The van der Waals surface area contributed by atoms with Crippen molar-refractivity contribution in [3.63, 3.8) is 0 Å². The van der Waals surface area contributed by atoms with Crippen LogP contribution in [0.4, 0.5) is 5.82 Å². The molecule has 0 saturated carbocycles. The number of esters is 1. The van der Waals surface area contributed by atoms with E-state index in [0.29, 0.717) is 16.9 Å². The molecule has 3 N–H and O–H groups in total. The summed E-state index contributed by atoms with van der Waals surface area (Å²) in [4.78, 5) is 26.7. The minimum Gasteiger partial charge on any atom is -0.497 e. The number of benzene rings is 2. The molecule has 0 saturated heterocycles. The summed E-state index contributed by atoms with van der Waals surface area (Å²) in [5.41, 5.74) is 5.46. The van der Waals surface area contributed by atoms with Gasteiger partial charge in [0.15, 0.2) is 0 Å². The summed E-state index contributed by atoms with van der Waals surface area (Å²) in [5.74, 6) is 0.0295. The number of anilines is 1. The van der Waals surface area contributed by atoms with Crippen molar-refractivity contribution in [2.45, 2.75) is 0 Å². The number of rotatable bonds is 4. The maximum absolute atomic E-state index is 12.4. The molecule has 0 atom stereocenters. The van der Waals surface area contributed by atoms with Gasteiger partial charge in [-0.05, 0) is 42.0 Å². The lowest BCUT2D eigenvalue weighted by molar-refractivity contribution is 0.0735. The van der Waals surface area contributed by atoms with Crippen LogP contribution in [-0.2, 0) is 0 Å². The largest absolute Gasteiger partial charge is 0.497 e. The molecular weight excluding hydrogens is 372 g/mol. The van der Waals surface area contributed by atoms with Gasteiger partial charge in [-0.2, -0.15) is 10.5 Å². The first-order chi connectivity index (χ1) is 14.0. The monoisotopic (exact) mass is 386 g/mol. The predicted octanol–water partition coefficient (Wildman–Crippen LogP) is 2.60. The summed E-state index contributed by atoms with van der Waals surface area (Å²) < 4.78 is 10.4. The second-order valence-corrected chi connectivity index (χ2v) is 5.86. The minimum atomic E-state index is -0.709. The summed E-state index contributed by atoms with van der Waals surface area (Å²) in [6.45, 7) is 0. The van der Waals surface area contributed by atoms with Crippen molar-refractivity contribution >= 4 is 11.8 Å². The molecule has 142 valence electrons. The zero-order valence-corrected chi connectivity index (χ0v) is 15.2. The lowest BCUT2D eigenvalue weighted by Crippen LogP contribution is -2.16. The second kappa shape index (κ2) is 7.99. The molecule has 3 aromatic rings. The molecule has 0 amide bonds. The molecule has 1 heterocycles. The molecule has 1 aromatic heterocycles. The topological polar surface area (TPSA) is 142 Å². The fourth-order valence-corrected chi connectivity index (χ4v) is 2.74. The molecule has 0 radical (unpaired) electrons. The summed E-state index contributed by atoms with van der Waals surface area (Å²) >= 11 is 0. The van der Waals surface area contributed by atoms with E-state index in [1.807, 2.05) is 6.07 Å². The molecule has 0 aliphatic heterocycles. The maximum atomic E-state index is 12.4. The molecule has 2 aromatic carbocycles. The number of nitrogens with zero attached hydrogens (tertiary/aromatic N) is 2. The van der Waals surface area contributed by atoms with Gasteiger partial charge in [0, 0.05) is 5.56 Å². The van der Waals surface area contributed by atoms with Gasteiger partial charge < -0.3 is 20.2 Å². The molecule has 8 nitrogen and oxygen atoms in total. The first-order valence-electron chi connectivity index (χ1n) is 8.31. The average molecular weight is 386 g/mol. The van der Waals surface area contributed by atoms with Crippen molar-refractivity contribution in [1.82, 2.24) is 4.98 Å². The number of nitrogens with one attached hydrogen (secondary N) is 1. The summed E-state index contributed by atoms with van der Waals surface area (Å²) in [6, 6.07) is 16.2. The average Bonchev–Trinajstić information content (AvgIpc) is 2.73. The molecule has 0 aliphatic carbocycles. The van der Waals surface area contributed by atoms with Crippen molar-refractivity contribution in [2.75, 3.05) is 12.8 Å². The Morgan fingerprint density at radius 3 is 2.34 bits per heavy atom. The van der Waals surface area contributed by atoms with E-state index in [1.54, 1.807) is 48.5 Å². The SMILES string of the molecule is COc1ccc(C(=O)Oc2cccc(-c3c(C#N)c(N)[nH]c(=O)c3C#N)c2)cc1. The number of aromatic nitrogens is 1. The highest BCUT2D eigenvalue weighted by atomic mass is 16.5. The fraction of sp³-hybridized carbons (Fsp3) is 0.0476. The number of hydrogen-bond donors (Lipinski definition) is 2. The molecule has 29 heavy (non-hydrogen) atoms. The Hall–Kier alpha value is -4.56. The van der Waals surface area contributed by atoms with Crippen LogP contribution in [0.2, 0.25) is 0 Å². The van der Waals surface area contributed by atoms with Gasteiger partial charge in [0.1, 0.15) is 40.6 Å². The van der Waals surface area contributed by atoms with Crippen LogP contribution >= 0.6 is 0 Å². The molecule has 0 bridgehead atoms. The highest BCUT2D eigenvalue weighted by Gasteiger charge is 2.19. The number of nitrogen functional groups attached to an aromatic ring is 1. The van der Waals surface area contributed by atoms with Crippen LogP contribution in [0.3, 0.4) is 0 Å². The summed E-state index contributed by atoms with van der Waals surface area (Å²) in [6.07, 6.45) is 0. The standard InChI is InChI=1S/C21H14N4O4/c1-28-14-7-5-12(6-8-14)21(27)29-15-4-2-3-13(9-15)18-16(10-22)19(24)25-20(26)17(18)11-23/h2-9H,1H3,(H3,24,25,26). The predicted molar refractivity (Wildman–Crippen MR) is 104 cm³/mol. The van der Waals surface area contributed by atoms with E-state index in [1.165, 1.54) is 13.2 Å². The van der Waals surface area contributed by atoms with Crippen LogP contribution in [-0.4, -0.2) is 18.1 Å². The number of nitrogens with two attached hydrogens (primary N) is 1. The van der Waals surface area contributed by atoms with Crippen molar-refractivity contribution in [3.8, 4) is 34.8 Å². The number of carbonyl (C=O) groups excluding carboxylic acids is 1. The quantitative estimate of drug-likeness (QED) is 0.518. The van der Waals surface area contributed by atoms with Crippen molar-refractivity contribution in [3.05, 3.63) is 75.6 Å². The van der Waals surface area contributed by atoms with Gasteiger partial charge in [0.05, 0.1) is 12.7 Å². The van der Waals surface area contributed by atoms with Gasteiger partial charge in [-0.3, -0.25) is 4.79 Å². The molecule has 0 fully saturated rings. The van der Waals surface area contributed by atoms with Crippen LogP contribution in [0.25, 0.3) is 11.1 Å². The van der Waals surface area contributed by atoms with E-state index < -0.39 is 11.5 Å².